The monoisotopic (exact) mass is 304 g/mol. The summed E-state index contributed by atoms with van der Waals surface area (Å²) in [5.41, 5.74) is 4.67. The first kappa shape index (κ1) is 16.3. The van der Waals surface area contributed by atoms with Crippen molar-refractivity contribution >= 4 is 11.8 Å². The molecular formula is C17H24N2O3. The van der Waals surface area contributed by atoms with E-state index in [0.717, 1.165) is 23.3 Å². The Kier molecular flexibility index (Phi) is 5.06. The van der Waals surface area contributed by atoms with Crippen molar-refractivity contribution < 1.29 is 14.3 Å². The smallest absolute Gasteiger partial charge is 0.242 e. The van der Waals surface area contributed by atoms with Crippen LogP contribution in [0.3, 0.4) is 0 Å². The van der Waals surface area contributed by atoms with Crippen LogP contribution in [0.5, 0.6) is 5.75 Å². The topological polar surface area (TPSA) is 67.4 Å². The molecule has 22 heavy (non-hydrogen) atoms. The fourth-order valence-corrected chi connectivity index (χ4v) is 2.97. The van der Waals surface area contributed by atoms with Crippen molar-refractivity contribution in [2.24, 2.45) is 0 Å². The van der Waals surface area contributed by atoms with Gasteiger partial charge in [0, 0.05) is 13.0 Å². The Hall–Kier alpha value is -2.04. The van der Waals surface area contributed by atoms with E-state index in [-0.39, 0.29) is 17.9 Å². The molecule has 0 radical (unpaired) electrons. The minimum Gasteiger partial charge on any atom is -0.496 e. The molecule has 120 valence electrons. The van der Waals surface area contributed by atoms with E-state index in [0.29, 0.717) is 19.4 Å². The van der Waals surface area contributed by atoms with Gasteiger partial charge in [0.2, 0.25) is 11.8 Å². The fourth-order valence-electron chi connectivity index (χ4n) is 2.97. The zero-order valence-corrected chi connectivity index (χ0v) is 13.7. The van der Waals surface area contributed by atoms with Crippen molar-refractivity contribution in [3.63, 3.8) is 0 Å². The maximum absolute atomic E-state index is 12.0. The second-order valence-corrected chi connectivity index (χ2v) is 5.84. The first-order valence-electron chi connectivity index (χ1n) is 7.64. The summed E-state index contributed by atoms with van der Waals surface area (Å²) in [6.07, 6.45) is 1.79. The number of rotatable bonds is 5. The Balaban J connectivity index is 1.95. The van der Waals surface area contributed by atoms with E-state index in [1.54, 1.807) is 7.11 Å². The van der Waals surface area contributed by atoms with Crippen LogP contribution >= 0.6 is 0 Å². The molecule has 1 aliphatic heterocycles. The molecule has 1 fully saturated rings. The Labute approximate surface area is 131 Å². The minimum atomic E-state index is -0.368. The van der Waals surface area contributed by atoms with E-state index in [2.05, 4.69) is 30.5 Å². The van der Waals surface area contributed by atoms with Gasteiger partial charge in [-0.3, -0.25) is 9.59 Å². The molecule has 2 rings (SSSR count). The van der Waals surface area contributed by atoms with Crippen molar-refractivity contribution in [3.8, 4) is 5.75 Å². The Bertz CT molecular complexity index is 596. The molecule has 2 N–H and O–H groups in total. The number of ether oxygens (including phenoxy) is 1. The molecule has 2 amide bonds. The molecule has 0 aromatic heterocycles. The lowest BCUT2D eigenvalue weighted by Crippen LogP contribution is -2.42. The van der Waals surface area contributed by atoms with Crippen molar-refractivity contribution in [2.75, 3.05) is 13.7 Å². The van der Waals surface area contributed by atoms with Gasteiger partial charge in [0.15, 0.2) is 0 Å². The van der Waals surface area contributed by atoms with Crippen molar-refractivity contribution in [1.29, 1.82) is 0 Å². The lowest BCUT2D eigenvalue weighted by atomic mass is 9.96. The van der Waals surface area contributed by atoms with Crippen LogP contribution in [0.15, 0.2) is 6.07 Å². The van der Waals surface area contributed by atoms with Gasteiger partial charge in [-0.1, -0.05) is 6.07 Å². The van der Waals surface area contributed by atoms with Crippen LogP contribution in [0.2, 0.25) is 0 Å². The molecule has 0 bridgehead atoms. The molecule has 0 spiro atoms. The number of amides is 2. The van der Waals surface area contributed by atoms with Gasteiger partial charge in [-0.2, -0.15) is 0 Å². The molecule has 5 nitrogen and oxygen atoms in total. The summed E-state index contributed by atoms with van der Waals surface area (Å²) >= 11 is 0. The van der Waals surface area contributed by atoms with Crippen LogP contribution in [0.1, 0.15) is 35.1 Å². The van der Waals surface area contributed by atoms with Gasteiger partial charge < -0.3 is 15.4 Å². The average Bonchev–Trinajstić information content (AvgIpc) is 2.91. The summed E-state index contributed by atoms with van der Waals surface area (Å²) in [5, 5.41) is 5.58. The van der Waals surface area contributed by atoms with E-state index in [9.17, 15) is 9.59 Å². The molecule has 0 aliphatic carbocycles. The number of nitrogens with one attached hydrogen (secondary N) is 2. The number of methoxy groups -OCH3 is 1. The third kappa shape index (κ3) is 3.40. The maximum Gasteiger partial charge on any atom is 0.242 e. The summed E-state index contributed by atoms with van der Waals surface area (Å²) in [4.78, 5) is 23.1. The van der Waals surface area contributed by atoms with E-state index in [1.165, 1.54) is 11.1 Å². The SMILES string of the molecule is COc1c(C)cc(CCNC(=O)C2CCC(=O)N2)c(C)c1C. The maximum atomic E-state index is 12.0. The number of hydrogen-bond acceptors (Lipinski definition) is 3. The fraction of sp³-hybridized carbons (Fsp3) is 0.529. The summed E-state index contributed by atoms with van der Waals surface area (Å²) in [5.74, 6) is 0.793. The Morgan fingerprint density at radius 1 is 1.36 bits per heavy atom. The van der Waals surface area contributed by atoms with E-state index in [1.807, 2.05) is 6.92 Å². The lowest BCUT2D eigenvalue weighted by molar-refractivity contribution is -0.125. The molecule has 5 heteroatoms. The quantitative estimate of drug-likeness (QED) is 0.867. The van der Waals surface area contributed by atoms with Crippen molar-refractivity contribution in [1.82, 2.24) is 10.6 Å². The normalized spacial score (nSPS) is 17.3. The molecule has 1 aliphatic rings. The average molecular weight is 304 g/mol. The molecule has 0 saturated carbocycles. The van der Waals surface area contributed by atoms with E-state index < -0.39 is 0 Å². The zero-order valence-electron chi connectivity index (χ0n) is 13.7. The standard InChI is InChI=1S/C17H24N2O3/c1-10-9-13(11(2)12(3)16(10)22-4)7-8-18-17(21)14-5-6-15(20)19-14/h9,14H,5-8H2,1-4H3,(H,18,21)(H,19,20). The van der Waals surface area contributed by atoms with Crippen LogP contribution < -0.4 is 15.4 Å². The van der Waals surface area contributed by atoms with Gasteiger partial charge >= 0.3 is 0 Å². The number of hydrogen-bond donors (Lipinski definition) is 2. The number of carbonyl (C=O) groups excluding carboxylic acids is 2. The van der Waals surface area contributed by atoms with Gasteiger partial charge in [0.05, 0.1) is 7.11 Å². The predicted octanol–water partition coefficient (Wildman–Crippen LogP) is 1.56. The predicted molar refractivity (Wildman–Crippen MR) is 85.1 cm³/mol. The highest BCUT2D eigenvalue weighted by molar-refractivity contribution is 5.90. The highest BCUT2D eigenvalue weighted by Gasteiger charge is 2.26. The molecule has 1 aromatic rings. The van der Waals surface area contributed by atoms with E-state index >= 15 is 0 Å². The lowest BCUT2D eigenvalue weighted by Gasteiger charge is -2.16. The zero-order chi connectivity index (χ0) is 16.3. The largest absolute Gasteiger partial charge is 0.496 e. The number of carbonyl (C=O) groups is 2. The van der Waals surface area contributed by atoms with Crippen LogP contribution in [-0.4, -0.2) is 31.5 Å². The molecule has 1 unspecified atom stereocenters. The van der Waals surface area contributed by atoms with Gasteiger partial charge in [-0.25, -0.2) is 0 Å². The van der Waals surface area contributed by atoms with Gasteiger partial charge in [-0.15, -0.1) is 0 Å². The van der Waals surface area contributed by atoms with E-state index in [4.69, 9.17) is 4.74 Å². The van der Waals surface area contributed by atoms with Crippen LogP contribution in [0, 0.1) is 20.8 Å². The first-order valence-corrected chi connectivity index (χ1v) is 7.64. The summed E-state index contributed by atoms with van der Waals surface area (Å²) < 4.78 is 5.42. The molecule has 1 aromatic carbocycles. The Morgan fingerprint density at radius 3 is 2.68 bits per heavy atom. The molecule has 1 heterocycles. The van der Waals surface area contributed by atoms with Gasteiger partial charge in [-0.05, 0) is 55.9 Å². The van der Waals surface area contributed by atoms with Crippen molar-refractivity contribution in [3.05, 3.63) is 28.3 Å². The van der Waals surface area contributed by atoms with Crippen LogP contribution in [0.25, 0.3) is 0 Å². The Morgan fingerprint density at radius 2 is 2.09 bits per heavy atom. The first-order chi connectivity index (χ1) is 10.4. The second kappa shape index (κ2) is 6.81. The second-order valence-electron chi connectivity index (χ2n) is 5.84. The van der Waals surface area contributed by atoms with Gasteiger partial charge in [0.1, 0.15) is 11.8 Å². The highest BCUT2D eigenvalue weighted by atomic mass is 16.5. The van der Waals surface area contributed by atoms with Crippen LogP contribution in [-0.2, 0) is 16.0 Å². The minimum absolute atomic E-state index is 0.0441. The van der Waals surface area contributed by atoms with Crippen molar-refractivity contribution in [2.45, 2.75) is 46.1 Å². The van der Waals surface area contributed by atoms with Gasteiger partial charge in [0.25, 0.3) is 0 Å². The molecule has 1 atom stereocenters. The molecule has 1 saturated heterocycles. The third-order valence-corrected chi connectivity index (χ3v) is 4.34. The third-order valence-electron chi connectivity index (χ3n) is 4.34. The highest BCUT2D eigenvalue weighted by Crippen LogP contribution is 2.28. The number of aryl methyl sites for hydroxylation is 1. The molecular weight excluding hydrogens is 280 g/mol. The summed E-state index contributed by atoms with van der Waals surface area (Å²) in [6.45, 7) is 6.72. The number of benzene rings is 1. The summed E-state index contributed by atoms with van der Waals surface area (Å²) in [7, 11) is 1.69. The van der Waals surface area contributed by atoms with Crippen LogP contribution in [0.4, 0.5) is 0 Å². The summed E-state index contributed by atoms with van der Waals surface area (Å²) in [6, 6.07) is 1.75.